The van der Waals surface area contributed by atoms with Gasteiger partial charge in [0.2, 0.25) is 5.91 Å². The van der Waals surface area contributed by atoms with E-state index in [-0.39, 0.29) is 12.5 Å². The van der Waals surface area contributed by atoms with Crippen LogP contribution < -0.4 is 20.7 Å². The molecule has 0 heterocycles. The molecule has 0 aliphatic carbocycles. The van der Waals surface area contributed by atoms with Gasteiger partial charge in [0, 0.05) is 24.3 Å². The van der Waals surface area contributed by atoms with Crippen molar-refractivity contribution in [1.29, 1.82) is 0 Å². The van der Waals surface area contributed by atoms with Crippen molar-refractivity contribution in [2.75, 3.05) is 32.1 Å². The summed E-state index contributed by atoms with van der Waals surface area (Å²) in [6, 6.07) is 15.1. The third kappa shape index (κ3) is 7.04. The maximum absolute atomic E-state index is 12.1. The summed E-state index contributed by atoms with van der Waals surface area (Å²) >= 11 is 0. The van der Waals surface area contributed by atoms with E-state index in [9.17, 15) is 4.79 Å². The van der Waals surface area contributed by atoms with Gasteiger partial charge in [0.15, 0.2) is 5.96 Å². The van der Waals surface area contributed by atoms with E-state index in [1.165, 1.54) is 5.56 Å². The molecule has 0 atom stereocenters. The highest BCUT2D eigenvalue weighted by atomic mass is 16.5. The third-order valence-electron chi connectivity index (χ3n) is 3.90. The van der Waals surface area contributed by atoms with E-state index < -0.39 is 0 Å². The Kier molecular flexibility index (Phi) is 8.41. The summed E-state index contributed by atoms with van der Waals surface area (Å²) in [6.07, 6.45) is 6.21. The summed E-state index contributed by atoms with van der Waals surface area (Å²) in [4.78, 5) is 16.5. The molecule has 0 saturated heterocycles. The number of hydrogen-bond donors (Lipinski definition) is 3. The first kappa shape index (κ1) is 20.8. The minimum Gasteiger partial charge on any atom is -0.497 e. The normalized spacial score (nSPS) is 10.7. The Bertz CT molecular complexity index is 838. The van der Waals surface area contributed by atoms with E-state index in [4.69, 9.17) is 11.2 Å². The van der Waals surface area contributed by atoms with Gasteiger partial charge >= 0.3 is 0 Å². The molecule has 2 rings (SSSR count). The number of terminal acetylenes is 1. The third-order valence-corrected chi connectivity index (χ3v) is 3.90. The van der Waals surface area contributed by atoms with Gasteiger partial charge < -0.3 is 20.7 Å². The fraction of sp³-hybridized carbons (Fsp3) is 0.273. The summed E-state index contributed by atoms with van der Waals surface area (Å²) in [7, 11) is 1.65. The van der Waals surface area contributed by atoms with Crippen LogP contribution in [0.3, 0.4) is 0 Å². The number of guanidine groups is 1. The maximum atomic E-state index is 12.1. The molecule has 0 bridgehead atoms. The Labute approximate surface area is 166 Å². The van der Waals surface area contributed by atoms with Gasteiger partial charge in [-0.25, -0.2) is 4.99 Å². The number of aliphatic imine (C=N–C) groups is 1. The number of rotatable bonds is 8. The molecule has 28 heavy (non-hydrogen) atoms. The second-order valence-electron chi connectivity index (χ2n) is 5.99. The van der Waals surface area contributed by atoms with E-state index in [2.05, 4.69) is 26.9 Å². The van der Waals surface area contributed by atoms with Gasteiger partial charge in [0.1, 0.15) is 12.3 Å². The molecule has 2 aromatic carbocycles. The first-order valence-electron chi connectivity index (χ1n) is 9.16. The number of nitrogens with zero attached hydrogens (tertiary/aromatic N) is 1. The lowest BCUT2D eigenvalue weighted by atomic mass is 10.1. The second kappa shape index (κ2) is 11.3. The molecule has 0 aliphatic rings. The van der Waals surface area contributed by atoms with E-state index >= 15 is 0 Å². The average molecular weight is 378 g/mol. The predicted molar refractivity (Wildman–Crippen MR) is 114 cm³/mol. The fourth-order valence-corrected chi connectivity index (χ4v) is 2.50. The molecule has 0 spiro atoms. The number of benzene rings is 2. The molecule has 0 unspecified atom stereocenters. The van der Waals surface area contributed by atoms with Crippen LogP contribution in [-0.4, -0.2) is 38.6 Å². The highest BCUT2D eigenvalue weighted by Gasteiger charge is 2.04. The Morgan fingerprint density at radius 1 is 1.18 bits per heavy atom. The number of methoxy groups -OCH3 is 1. The lowest BCUT2D eigenvalue weighted by molar-refractivity contribution is -0.114. The lowest BCUT2D eigenvalue weighted by Crippen LogP contribution is -2.39. The van der Waals surface area contributed by atoms with Crippen LogP contribution in [0.15, 0.2) is 53.5 Å². The summed E-state index contributed by atoms with van der Waals surface area (Å²) in [5, 5.41) is 9.17. The van der Waals surface area contributed by atoms with Crippen LogP contribution in [0.5, 0.6) is 5.75 Å². The highest BCUT2D eigenvalue weighted by Crippen LogP contribution is 2.11. The highest BCUT2D eigenvalue weighted by molar-refractivity contribution is 5.94. The van der Waals surface area contributed by atoms with Gasteiger partial charge in [-0.3, -0.25) is 4.79 Å². The molecule has 0 aromatic heterocycles. The van der Waals surface area contributed by atoms with Gasteiger partial charge in [-0.05, 0) is 49.2 Å². The number of nitrogens with one attached hydrogen (secondary N) is 3. The van der Waals surface area contributed by atoms with Crippen molar-refractivity contribution in [1.82, 2.24) is 10.6 Å². The first-order valence-corrected chi connectivity index (χ1v) is 9.16. The number of ether oxygens (including phenoxy) is 1. The second-order valence-corrected chi connectivity index (χ2v) is 5.99. The van der Waals surface area contributed by atoms with Gasteiger partial charge in [-0.15, -0.1) is 6.42 Å². The van der Waals surface area contributed by atoms with Crippen molar-refractivity contribution in [3.05, 3.63) is 59.7 Å². The number of amides is 1. The van der Waals surface area contributed by atoms with Crippen LogP contribution in [-0.2, 0) is 11.2 Å². The van der Waals surface area contributed by atoms with Crippen LogP contribution in [0.25, 0.3) is 0 Å². The predicted octanol–water partition coefficient (Wildman–Crippen LogP) is 2.41. The minimum atomic E-state index is -0.207. The van der Waals surface area contributed by atoms with Gasteiger partial charge in [0.25, 0.3) is 0 Å². The zero-order chi connectivity index (χ0) is 20.2. The molecule has 0 aliphatic heterocycles. The Hall–Kier alpha value is -3.46. The number of hydrogen-bond acceptors (Lipinski definition) is 3. The molecule has 1 amide bonds. The van der Waals surface area contributed by atoms with Gasteiger partial charge in [-0.2, -0.15) is 0 Å². The molecular weight excluding hydrogens is 352 g/mol. The summed E-state index contributed by atoms with van der Waals surface area (Å²) in [5.74, 6) is 3.78. The maximum Gasteiger partial charge on any atom is 0.246 e. The molecule has 6 heteroatoms. The van der Waals surface area contributed by atoms with Crippen molar-refractivity contribution >= 4 is 17.6 Å². The molecule has 0 saturated carbocycles. The monoisotopic (exact) mass is 378 g/mol. The molecule has 146 valence electrons. The number of carbonyl (C=O) groups is 1. The first-order chi connectivity index (χ1) is 13.6. The molecule has 2 aromatic rings. The smallest absolute Gasteiger partial charge is 0.246 e. The quantitative estimate of drug-likeness (QED) is 0.375. The summed E-state index contributed by atoms with van der Waals surface area (Å²) in [5.41, 5.74) is 2.57. The Balaban J connectivity index is 1.84. The Morgan fingerprint density at radius 2 is 1.96 bits per heavy atom. The van der Waals surface area contributed by atoms with Crippen molar-refractivity contribution in [2.24, 2.45) is 4.99 Å². The molecule has 3 N–H and O–H groups in total. The molecular formula is C22H26N4O2. The Morgan fingerprint density at radius 3 is 2.64 bits per heavy atom. The van der Waals surface area contributed by atoms with Crippen molar-refractivity contribution in [3.8, 4) is 18.1 Å². The van der Waals surface area contributed by atoms with Crippen LogP contribution >= 0.6 is 0 Å². The number of anilines is 1. The average Bonchev–Trinajstić information content (AvgIpc) is 2.72. The van der Waals surface area contributed by atoms with Crippen molar-refractivity contribution < 1.29 is 9.53 Å². The zero-order valence-electron chi connectivity index (χ0n) is 16.3. The van der Waals surface area contributed by atoms with Gasteiger partial charge in [-0.1, -0.05) is 24.1 Å². The topological polar surface area (TPSA) is 74.8 Å². The lowest BCUT2D eigenvalue weighted by Gasteiger charge is -2.11. The van der Waals surface area contributed by atoms with Crippen LogP contribution in [0.1, 0.15) is 18.1 Å². The molecule has 6 nitrogen and oxygen atoms in total. The van der Waals surface area contributed by atoms with Crippen LogP contribution in [0.4, 0.5) is 5.69 Å². The van der Waals surface area contributed by atoms with Crippen LogP contribution in [0.2, 0.25) is 0 Å². The van der Waals surface area contributed by atoms with E-state index in [1.807, 2.05) is 37.3 Å². The van der Waals surface area contributed by atoms with Gasteiger partial charge in [0.05, 0.1) is 7.11 Å². The van der Waals surface area contributed by atoms with Crippen LogP contribution in [0, 0.1) is 12.3 Å². The van der Waals surface area contributed by atoms with E-state index in [0.717, 1.165) is 17.7 Å². The fourth-order valence-electron chi connectivity index (χ4n) is 2.50. The molecule has 0 radical (unpaired) electrons. The van der Waals surface area contributed by atoms with Crippen molar-refractivity contribution in [3.63, 3.8) is 0 Å². The largest absolute Gasteiger partial charge is 0.497 e. The minimum absolute atomic E-state index is 0.0121. The SMILES string of the molecule is C#Cc1cccc(NC(=O)CN=C(NCC)NCCc2ccc(OC)cc2)c1. The molecule has 0 fully saturated rings. The van der Waals surface area contributed by atoms with Crippen molar-refractivity contribution in [2.45, 2.75) is 13.3 Å². The van der Waals surface area contributed by atoms with E-state index in [1.54, 1.807) is 25.3 Å². The zero-order valence-corrected chi connectivity index (χ0v) is 16.3. The summed E-state index contributed by atoms with van der Waals surface area (Å²) in [6.45, 7) is 3.40. The van der Waals surface area contributed by atoms with E-state index in [0.29, 0.717) is 24.7 Å². The number of carbonyl (C=O) groups excluding carboxylic acids is 1. The standard InChI is InChI=1S/C22H26N4O2/c1-4-17-7-6-8-19(15-17)26-21(27)16-25-22(23-5-2)24-14-13-18-9-11-20(28-3)12-10-18/h1,6-12,15H,5,13-14,16H2,2-3H3,(H,26,27)(H2,23,24,25). The summed E-state index contributed by atoms with van der Waals surface area (Å²) < 4.78 is 5.16.